The lowest BCUT2D eigenvalue weighted by Crippen LogP contribution is -2.47. The molecular weight excluding hydrogens is 246 g/mol. The molecule has 1 aliphatic carbocycles. The normalized spacial score (nSPS) is 16.7. The molecule has 1 amide bonds. The molecule has 1 fully saturated rings. The van der Waals surface area contributed by atoms with Gasteiger partial charge in [-0.3, -0.25) is 14.3 Å². The number of carbonyl (C=O) groups excluding carboxylic acids is 1. The summed E-state index contributed by atoms with van der Waals surface area (Å²) in [5, 5.41) is 16.1. The second-order valence-electron chi connectivity index (χ2n) is 5.14. The lowest BCUT2D eigenvalue weighted by atomic mass is 9.69. The minimum absolute atomic E-state index is 0.194. The van der Waals surface area contributed by atoms with Gasteiger partial charge < -0.3 is 10.4 Å². The van der Waals surface area contributed by atoms with Crippen LogP contribution in [-0.4, -0.2) is 33.3 Å². The average Bonchev–Trinajstić information content (AvgIpc) is 2.68. The van der Waals surface area contributed by atoms with E-state index in [-0.39, 0.29) is 12.5 Å². The number of carboxylic acid groups (broad SMARTS) is 1. The number of carboxylic acids is 1. The molecule has 0 unspecified atom stereocenters. The van der Waals surface area contributed by atoms with E-state index in [4.69, 9.17) is 0 Å². The van der Waals surface area contributed by atoms with Gasteiger partial charge in [-0.05, 0) is 19.3 Å². The average molecular weight is 265 g/mol. The molecule has 0 radical (unpaired) electrons. The van der Waals surface area contributed by atoms with Crippen molar-refractivity contribution in [2.45, 2.75) is 32.6 Å². The summed E-state index contributed by atoms with van der Waals surface area (Å²) in [4.78, 5) is 23.3. The minimum Gasteiger partial charge on any atom is -0.481 e. The summed E-state index contributed by atoms with van der Waals surface area (Å²) in [6.45, 7) is 2.13. The highest BCUT2D eigenvalue weighted by molar-refractivity contribution is 5.95. The third-order valence-electron chi connectivity index (χ3n) is 3.84. The van der Waals surface area contributed by atoms with Gasteiger partial charge >= 0.3 is 5.97 Å². The van der Waals surface area contributed by atoms with E-state index in [9.17, 15) is 14.7 Å². The standard InChI is InChI=1S/C13H19N3O3/c1-3-10-9(7-16(2)15-10)11(17)14-8-13(12(18)19)5-4-6-13/h7H,3-6,8H2,1-2H3,(H,14,17)(H,18,19). The number of nitrogens with one attached hydrogen (secondary N) is 1. The first kappa shape index (κ1) is 13.6. The zero-order valence-corrected chi connectivity index (χ0v) is 11.3. The SMILES string of the molecule is CCc1nn(C)cc1C(=O)NCC1(C(=O)O)CCC1. The topological polar surface area (TPSA) is 84.2 Å². The molecule has 2 N–H and O–H groups in total. The van der Waals surface area contributed by atoms with Gasteiger partial charge in [-0.2, -0.15) is 5.10 Å². The van der Waals surface area contributed by atoms with Crippen molar-refractivity contribution in [1.29, 1.82) is 0 Å². The van der Waals surface area contributed by atoms with Crippen molar-refractivity contribution in [1.82, 2.24) is 15.1 Å². The third kappa shape index (κ3) is 2.47. The molecule has 1 aliphatic rings. The van der Waals surface area contributed by atoms with Gasteiger partial charge in [0.05, 0.1) is 16.7 Å². The van der Waals surface area contributed by atoms with Crippen LogP contribution < -0.4 is 5.32 Å². The van der Waals surface area contributed by atoms with Crippen molar-refractivity contribution >= 4 is 11.9 Å². The number of hydrogen-bond acceptors (Lipinski definition) is 3. The Morgan fingerprint density at radius 1 is 1.53 bits per heavy atom. The number of aliphatic carboxylic acids is 1. The molecule has 1 saturated carbocycles. The number of aryl methyl sites for hydroxylation is 2. The lowest BCUT2D eigenvalue weighted by Gasteiger charge is -2.37. The zero-order valence-electron chi connectivity index (χ0n) is 11.3. The maximum absolute atomic E-state index is 12.1. The van der Waals surface area contributed by atoms with Crippen LogP contribution in [-0.2, 0) is 18.3 Å². The Kier molecular flexibility index (Phi) is 3.59. The molecule has 0 bridgehead atoms. The first-order valence-corrected chi connectivity index (χ1v) is 6.52. The largest absolute Gasteiger partial charge is 0.481 e. The van der Waals surface area contributed by atoms with E-state index in [2.05, 4.69) is 10.4 Å². The maximum atomic E-state index is 12.1. The van der Waals surface area contributed by atoms with Crippen LogP contribution in [0.25, 0.3) is 0 Å². The molecule has 0 saturated heterocycles. The Labute approximate surface area is 111 Å². The summed E-state index contributed by atoms with van der Waals surface area (Å²) in [6.07, 6.45) is 4.53. The third-order valence-corrected chi connectivity index (χ3v) is 3.84. The van der Waals surface area contributed by atoms with Crippen LogP contribution in [0, 0.1) is 5.41 Å². The fourth-order valence-electron chi connectivity index (χ4n) is 2.40. The zero-order chi connectivity index (χ0) is 14.0. The molecule has 1 aromatic heterocycles. The minimum atomic E-state index is -0.819. The van der Waals surface area contributed by atoms with Crippen LogP contribution in [0.1, 0.15) is 42.2 Å². The maximum Gasteiger partial charge on any atom is 0.311 e. The number of nitrogens with zero attached hydrogens (tertiary/aromatic N) is 2. The van der Waals surface area contributed by atoms with Gasteiger partial charge in [0.15, 0.2) is 0 Å². The second kappa shape index (κ2) is 5.03. The molecular formula is C13H19N3O3. The second-order valence-corrected chi connectivity index (χ2v) is 5.14. The number of aromatic nitrogens is 2. The molecule has 0 atom stereocenters. The van der Waals surface area contributed by atoms with Crippen molar-refractivity contribution < 1.29 is 14.7 Å². The number of carbonyl (C=O) groups is 2. The van der Waals surface area contributed by atoms with E-state index in [1.54, 1.807) is 17.9 Å². The smallest absolute Gasteiger partial charge is 0.311 e. The van der Waals surface area contributed by atoms with Gasteiger partial charge in [0, 0.05) is 19.8 Å². The highest BCUT2D eigenvalue weighted by Gasteiger charge is 2.44. The Morgan fingerprint density at radius 3 is 2.68 bits per heavy atom. The molecule has 0 spiro atoms. The van der Waals surface area contributed by atoms with Gasteiger partial charge in [-0.15, -0.1) is 0 Å². The van der Waals surface area contributed by atoms with Crippen molar-refractivity contribution in [2.75, 3.05) is 6.54 Å². The number of rotatable bonds is 5. The van der Waals surface area contributed by atoms with E-state index >= 15 is 0 Å². The molecule has 0 aliphatic heterocycles. The molecule has 104 valence electrons. The van der Waals surface area contributed by atoms with Crippen LogP contribution in [0.3, 0.4) is 0 Å². The summed E-state index contributed by atoms with van der Waals surface area (Å²) in [5.74, 6) is -1.06. The number of amides is 1. The first-order valence-electron chi connectivity index (χ1n) is 6.52. The van der Waals surface area contributed by atoms with Crippen molar-refractivity contribution in [3.05, 3.63) is 17.5 Å². The quantitative estimate of drug-likeness (QED) is 0.830. The summed E-state index contributed by atoms with van der Waals surface area (Å²) in [7, 11) is 1.76. The van der Waals surface area contributed by atoms with Crippen molar-refractivity contribution in [3.8, 4) is 0 Å². The Morgan fingerprint density at radius 2 is 2.21 bits per heavy atom. The van der Waals surface area contributed by atoms with E-state index < -0.39 is 11.4 Å². The molecule has 6 nitrogen and oxygen atoms in total. The van der Waals surface area contributed by atoms with Gasteiger partial charge in [0.25, 0.3) is 5.91 Å². The molecule has 6 heteroatoms. The predicted octanol–water partition coefficient (Wildman–Crippen LogP) is 0.967. The van der Waals surface area contributed by atoms with Crippen LogP contribution in [0.4, 0.5) is 0 Å². The van der Waals surface area contributed by atoms with E-state index in [0.717, 1.165) is 12.1 Å². The highest BCUT2D eigenvalue weighted by Crippen LogP contribution is 2.40. The molecule has 2 rings (SSSR count). The van der Waals surface area contributed by atoms with Gasteiger partial charge in [0.1, 0.15) is 0 Å². The monoisotopic (exact) mass is 265 g/mol. The summed E-state index contributed by atoms with van der Waals surface area (Å²) < 4.78 is 1.60. The van der Waals surface area contributed by atoms with E-state index in [0.29, 0.717) is 24.8 Å². The highest BCUT2D eigenvalue weighted by atomic mass is 16.4. The van der Waals surface area contributed by atoms with E-state index in [1.165, 1.54) is 0 Å². The predicted molar refractivity (Wildman–Crippen MR) is 68.8 cm³/mol. The van der Waals surface area contributed by atoms with Crippen molar-refractivity contribution in [2.24, 2.45) is 12.5 Å². The van der Waals surface area contributed by atoms with Crippen LogP contribution in [0.2, 0.25) is 0 Å². The summed E-state index contributed by atoms with van der Waals surface area (Å²) >= 11 is 0. The van der Waals surface area contributed by atoms with Crippen molar-refractivity contribution in [3.63, 3.8) is 0 Å². The Balaban J connectivity index is 2.03. The van der Waals surface area contributed by atoms with E-state index in [1.807, 2.05) is 6.92 Å². The molecule has 0 aromatic carbocycles. The van der Waals surface area contributed by atoms with Gasteiger partial charge in [-0.25, -0.2) is 0 Å². The molecule has 1 aromatic rings. The van der Waals surface area contributed by atoms with Gasteiger partial charge in [0.2, 0.25) is 0 Å². The van der Waals surface area contributed by atoms with Crippen LogP contribution in [0.5, 0.6) is 0 Å². The number of hydrogen-bond donors (Lipinski definition) is 2. The molecule has 19 heavy (non-hydrogen) atoms. The van der Waals surface area contributed by atoms with Crippen LogP contribution >= 0.6 is 0 Å². The fraction of sp³-hybridized carbons (Fsp3) is 0.615. The first-order chi connectivity index (χ1) is 8.98. The van der Waals surface area contributed by atoms with Gasteiger partial charge in [-0.1, -0.05) is 13.3 Å². The lowest BCUT2D eigenvalue weighted by molar-refractivity contribution is -0.153. The fourth-order valence-corrected chi connectivity index (χ4v) is 2.40. The Bertz CT molecular complexity index is 503. The summed E-state index contributed by atoms with van der Waals surface area (Å²) in [6, 6.07) is 0. The molecule has 1 heterocycles. The Hall–Kier alpha value is -1.85. The van der Waals surface area contributed by atoms with Crippen LogP contribution in [0.15, 0.2) is 6.20 Å². The summed E-state index contributed by atoms with van der Waals surface area (Å²) in [5.41, 5.74) is 0.507.